The van der Waals surface area contributed by atoms with Gasteiger partial charge in [-0.25, -0.2) is 0 Å². The van der Waals surface area contributed by atoms with Crippen LogP contribution in [0.5, 0.6) is 0 Å². The van der Waals surface area contributed by atoms with Gasteiger partial charge in [-0.2, -0.15) is 0 Å². The maximum absolute atomic E-state index is 12.2. The minimum Gasteiger partial charge on any atom is -0.465 e. The monoisotopic (exact) mass is 268 g/mol. The van der Waals surface area contributed by atoms with Gasteiger partial charge in [0.05, 0.1) is 6.61 Å². The number of carbonyl (C=O) groups is 1. The number of hydrogen-bond donors (Lipinski definition) is 1. The molecule has 0 aromatic carbocycles. The number of esters is 1. The molecule has 0 radical (unpaired) electrons. The molecule has 1 aliphatic carbocycles. The second-order valence-electron chi connectivity index (χ2n) is 6.12. The maximum Gasteiger partial charge on any atom is 0.326 e. The van der Waals surface area contributed by atoms with Crippen LogP contribution in [0.3, 0.4) is 0 Å². The lowest BCUT2D eigenvalue weighted by Gasteiger charge is -2.29. The first-order valence-corrected chi connectivity index (χ1v) is 7.81. The normalized spacial score (nSPS) is 23.3. The first-order chi connectivity index (χ1) is 9.14. The van der Waals surface area contributed by atoms with Crippen LogP contribution in [0.1, 0.15) is 52.4 Å². The number of ether oxygens (including phenoxy) is 1. The summed E-state index contributed by atoms with van der Waals surface area (Å²) in [6.07, 6.45) is 6.99. The highest BCUT2D eigenvalue weighted by molar-refractivity contribution is 5.80. The van der Waals surface area contributed by atoms with E-state index in [0.717, 1.165) is 19.4 Å². The Bertz CT molecular complexity index is 299. The molecule has 4 nitrogen and oxygen atoms in total. The van der Waals surface area contributed by atoms with E-state index in [4.69, 9.17) is 4.74 Å². The van der Waals surface area contributed by atoms with E-state index in [0.29, 0.717) is 12.6 Å². The molecule has 4 heteroatoms. The third-order valence-electron chi connectivity index (χ3n) is 4.18. The lowest BCUT2D eigenvalue weighted by molar-refractivity contribution is -0.151. The first-order valence-electron chi connectivity index (χ1n) is 7.81. The molecule has 0 amide bonds. The first kappa shape index (κ1) is 14.8. The van der Waals surface area contributed by atoms with Gasteiger partial charge in [0.1, 0.15) is 5.54 Å². The quantitative estimate of drug-likeness (QED) is 0.683. The number of likely N-dealkylation sites (tertiary alicyclic amines) is 1. The Kier molecular flexibility index (Phi) is 5.22. The number of nitrogens with one attached hydrogen (secondary N) is 1. The predicted molar refractivity (Wildman–Crippen MR) is 76.1 cm³/mol. The van der Waals surface area contributed by atoms with Crippen molar-refractivity contribution in [2.45, 2.75) is 64.0 Å². The highest BCUT2D eigenvalue weighted by atomic mass is 16.5. The summed E-state index contributed by atoms with van der Waals surface area (Å²) in [6, 6.07) is 0.529. The summed E-state index contributed by atoms with van der Waals surface area (Å²) in [6.45, 7) is 7.92. The van der Waals surface area contributed by atoms with E-state index in [1.54, 1.807) is 0 Å². The van der Waals surface area contributed by atoms with Crippen LogP contribution in [0.15, 0.2) is 0 Å². The van der Waals surface area contributed by atoms with Gasteiger partial charge in [-0.1, -0.05) is 0 Å². The molecule has 1 heterocycles. The largest absolute Gasteiger partial charge is 0.465 e. The second-order valence-corrected chi connectivity index (χ2v) is 6.12. The average Bonchev–Trinajstić information content (AvgIpc) is 3.03. The summed E-state index contributed by atoms with van der Waals surface area (Å²) in [5.74, 6) is -0.0803. The molecule has 2 aliphatic rings. The zero-order valence-electron chi connectivity index (χ0n) is 12.4. The van der Waals surface area contributed by atoms with Crippen LogP contribution in [0.2, 0.25) is 0 Å². The van der Waals surface area contributed by atoms with E-state index in [-0.39, 0.29) is 5.97 Å². The molecule has 19 heavy (non-hydrogen) atoms. The molecule has 0 aromatic heterocycles. The summed E-state index contributed by atoms with van der Waals surface area (Å²) in [4.78, 5) is 14.7. The standard InChI is InChI=1S/C15H28N2O2/c1-3-19-14(18)15(2,16-13-7-8-13)9-6-12-17-10-4-5-11-17/h13,16H,3-12H2,1-2H3. The molecule has 1 unspecified atom stereocenters. The Hall–Kier alpha value is -0.610. The fourth-order valence-electron chi connectivity index (χ4n) is 2.86. The van der Waals surface area contributed by atoms with E-state index in [2.05, 4.69) is 10.2 Å². The smallest absolute Gasteiger partial charge is 0.326 e. The molecule has 1 saturated heterocycles. The summed E-state index contributed by atoms with van der Waals surface area (Å²) in [5.41, 5.74) is -0.489. The molecule has 1 saturated carbocycles. The molecule has 0 bridgehead atoms. The van der Waals surface area contributed by atoms with Crippen LogP contribution in [0.4, 0.5) is 0 Å². The number of carbonyl (C=O) groups excluding carboxylic acids is 1. The van der Waals surface area contributed by atoms with E-state index in [1.165, 1.54) is 38.8 Å². The zero-order chi connectivity index (χ0) is 13.7. The van der Waals surface area contributed by atoms with Gasteiger partial charge in [-0.3, -0.25) is 10.1 Å². The van der Waals surface area contributed by atoms with Crippen molar-refractivity contribution in [1.82, 2.24) is 10.2 Å². The molecule has 2 rings (SSSR count). The highest BCUT2D eigenvalue weighted by Gasteiger charge is 2.39. The van der Waals surface area contributed by atoms with E-state index < -0.39 is 5.54 Å². The average molecular weight is 268 g/mol. The molecule has 2 fully saturated rings. The third kappa shape index (κ3) is 4.46. The van der Waals surface area contributed by atoms with Crippen LogP contribution in [0.25, 0.3) is 0 Å². The van der Waals surface area contributed by atoms with Crippen molar-refractivity contribution < 1.29 is 9.53 Å². The van der Waals surface area contributed by atoms with E-state index >= 15 is 0 Å². The second kappa shape index (κ2) is 6.71. The summed E-state index contributed by atoms with van der Waals surface area (Å²) in [5, 5.41) is 3.48. The summed E-state index contributed by atoms with van der Waals surface area (Å²) < 4.78 is 5.24. The summed E-state index contributed by atoms with van der Waals surface area (Å²) in [7, 11) is 0. The van der Waals surface area contributed by atoms with Crippen molar-refractivity contribution in [3.63, 3.8) is 0 Å². The molecular weight excluding hydrogens is 240 g/mol. The maximum atomic E-state index is 12.2. The Morgan fingerprint density at radius 2 is 2.05 bits per heavy atom. The van der Waals surface area contributed by atoms with E-state index in [9.17, 15) is 4.79 Å². The lowest BCUT2D eigenvalue weighted by atomic mass is 9.95. The van der Waals surface area contributed by atoms with Gasteiger partial charge in [0.2, 0.25) is 0 Å². The van der Waals surface area contributed by atoms with Crippen molar-refractivity contribution in [2.75, 3.05) is 26.2 Å². The van der Waals surface area contributed by atoms with Gasteiger partial charge >= 0.3 is 5.97 Å². The van der Waals surface area contributed by atoms with Crippen LogP contribution in [0, 0.1) is 0 Å². The third-order valence-corrected chi connectivity index (χ3v) is 4.18. The van der Waals surface area contributed by atoms with Crippen molar-refractivity contribution in [2.24, 2.45) is 0 Å². The van der Waals surface area contributed by atoms with Crippen LogP contribution >= 0.6 is 0 Å². The van der Waals surface area contributed by atoms with Gasteiger partial charge < -0.3 is 9.64 Å². The molecule has 110 valence electrons. The van der Waals surface area contributed by atoms with Crippen molar-refractivity contribution in [3.8, 4) is 0 Å². The predicted octanol–water partition coefficient (Wildman–Crippen LogP) is 1.94. The van der Waals surface area contributed by atoms with Crippen LogP contribution in [-0.2, 0) is 9.53 Å². The minimum atomic E-state index is -0.489. The number of rotatable bonds is 8. The van der Waals surface area contributed by atoms with Gasteiger partial charge in [0.25, 0.3) is 0 Å². The van der Waals surface area contributed by atoms with Crippen molar-refractivity contribution in [1.29, 1.82) is 0 Å². The number of hydrogen-bond acceptors (Lipinski definition) is 4. The molecule has 1 N–H and O–H groups in total. The summed E-state index contributed by atoms with van der Waals surface area (Å²) >= 11 is 0. The lowest BCUT2D eigenvalue weighted by Crippen LogP contribution is -2.51. The highest BCUT2D eigenvalue weighted by Crippen LogP contribution is 2.26. The molecule has 1 aliphatic heterocycles. The van der Waals surface area contributed by atoms with Crippen LogP contribution in [-0.4, -0.2) is 48.7 Å². The van der Waals surface area contributed by atoms with Crippen LogP contribution < -0.4 is 5.32 Å². The van der Waals surface area contributed by atoms with Gasteiger partial charge in [-0.05, 0) is 72.0 Å². The Labute approximate surface area is 116 Å². The van der Waals surface area contributed by atoms with Crippen molar-refractivity contribution >= 4 is 5.97 Å². The van der Waals surface area contributed by atoms with Gasteiger partial charge in [-0.15, -0.1) is 0 Å². The Morgan fingerprint density at radius 1 is 1.37 bits per heavy atom. The Morgan fingerprint density at radius 3 is 2.63 bits per heavy atom. The number of nitrogens with zero attached hydrogens (tertiary/aromatic N) is 1. The molecule has 0 aromatic rings. The van der Waals surface area contributed by atoms with E-state index in [1.807, 2.05) is 13.8 Å². The van der Waals surface area contributed by atoms with Crippen molar-refractivity contribution in [3.05, 3.63) is 0 Å². The zero-order valence-corrected chi connectivity index (χ0v) is 12.4. The van der Waals surface area contributed by atoms with Gasteiger partial charge in [0.15, 0.2) is 0 Å². The molecular formula is C15H28N2O2. The molecule has 0 spiro atoms. The molecule has 1 atom stereocenters. The fraction of sp³-hybridized carbons (Fsp3) is 0.933. The minimum absolute atomic E-state index is 0.0803. The SMILES string of the molecule is CCOC(=O)C(C)(CCCN1CCCC1)NC1CC1. The topological polar surface area (TPSA) is 41.6 Å². The van der Waals surface area contributed by atoms with Gasteiger partial charge in [0, 0.05) is 6.04 Å². The fourth-order valence-corrected chi connectivity index (χ4v) is 2.86. The Balaban J connectivity index is 1.79.